The summed E-state index contributed by atoms with van der Waals surface area (Å²) in [6, 6.07) is 5.90. The van der Waals surface area contributed by atoms with Gasteiger partial charge < -0.3 is 9.15 Å². The normalized spacial score (nSPS) is 10.3. The zero-order chi connectivity index (χ0) is 13.0. The maximum Gasteiger partial charge on any atom is 0.316 e. The number of oxazole rings is 1. The Balaban J connectivity index is 2.06. The third kappa shape index (κ3) is 3.10. The van der Waals surface area contributed by atoms with Crippen molar-refractivity contribution in [1.29, 1.82) is 0 Å². The first-order valence-corrected chi connectivity index (χ1v) is 6.09. The largest absolute Gasteiger partial charge is 0.468 e. The Bertz CT molecular complexity index is 539. The molecule has 4 nitrogen and oxygen atoms in total. The van der Waals surface area contributed by atoms with Gasteiger partial charge in [0.05, 0.1) is 13.3 Å². The van der Waals surface area contributed by atoms with Crippen molar-refractivity contribution in [2.75, 3.05) is 12.9 Å². The molecule has 94 valence electrons. The van der Waals surface area contributed by atoms with Crippen molar-refractivity contribution in [1.82, 2.24) is 4.98 Å². The summed E-state index contributed by atoms with van der Waals surface area (Å²) in [6.45, 7) is 0. The number of nitrogens with zero attached hydrogens (tertiary/aromatic N) is 1. The van der Waals surface area contributed by atoms with Crippen molar-refractivity contribution in [2.45, 2.75) is 5.22 Å². The molecule has 0 aliphatic rings. The number of benzene rings is 1. The molecule has 0 radical (unpaired) electrons. The summed E-state index contributed by atoms with van der Waals surface area (Å²) in [4.78, 5) is 15.0. The van der Waals surface area contributed by atoms with Crippen LogP contribution in [-0.2, 0) is 9.53 Å². The highest BCUT2D eigenvalue weighted by Gasteiger charge is 2.09. The molecular formula is C12H10FNO3S. The average molecular weight is 267 g/mol. The molecule has 1 aromatic heterocycles. The lowest BCUT2D eigenvalue weighted by Crippen LogP contribution is -2.02. The van der Waals surface area contributed by atoms with E-state index in [1.54, 1.807) is 12.1 Å². The van der Waals surface area contributed by atoms with E-state index >= 15 is 0 Å². The van der Waals surface area contributed by atoms with E-state index in [4.69, 9.17) is 4.42 Å². The lowest BCUT2D eigenvalue weighted by atomic mass is 10.2. The molecule has 0 bridgehead atoms. The standard InChI is InChI=1S/C12H10FNO3S/c1-16-11(15)7-18-12-14-6-10(17-12)8-2-4-9(13)5-3-8/h2-6H,7H2,1H3. The summed E-state index contributed by atoms with van der Waals surface area (Å²) in [6.07, 6.45) is 1.53. The average Bonchev–Trinajstić information content (AvgIpc) is 2.85. The first kappa shape index (κ1) is 12.6. The van der Waals surface area contributed by atoms with Gasteiger partial charge in [-0.25, -0.2) is 9.37 Å². The number of rotatable bonds is 4. The molecule has 0 atom stereocenters. The predicted octanol–water partition coefficient (Wildman–Crippen LogP) is 2.75. The number of carbonyl (C=O) groups is 1. The Hall–Kier alpha value is -1.82. The molecule has 0 N–H and O–H groups in total. The smallest absolute Gasteiger partial charge is 0.316 e. The monoisotopic (exact) mass is 267 g/mol. The van der Waals surface area contributed by atoms with Crippen molar-refractivity contribution in [2.24, 2.45) is 0 Å². The van der Waals surface area contributed by atoms with Crippen molar-refractivity contribution in [3.05, 3.63) is 36.3 Å². The molecule has 0 unspecified atom stereocenters. The minimum absolute atomic E-state index is 0.139. The number of carbonyl (C=O) groups excluding carboxylic acids is 1. The molecule has 0 aliphatic carbocycles. The summed E-state index contributed by atoms with van der Waals surface area (Å²) in [5.74, 6) is 0.0160. The SMILES string of the molecule is COC(=O)CSc1ncc(-c2ccc(F)cc2)o1. The number of hydrogen-bond acceptors (Lipinski definition) is 5. The summed E-state index contributed by atoms with van der Waals surface area (Å²) < 4.78 is 22.7. The molecule has 2 rings (SSSR count). The number of methoxy groups -OCH3 is 1. The maximum atomic E-state index is 12.8. The summed E-state index contributed by atoms with van der Waals surface area (Å²) in [5.41, 5.74) is 0.730. The van der Waals surface area contributed by atoms with Gasteiger partial charge in [0.1, 0.15) is 11.6 Å². The van der Waals surface area contributed by atoms with Gasteiger partial charge in [0.15, 0.2) is 5.76 Å². The Kier molecular flexibility index (Phi) is 3.99. The number of aromatic nitrogens is 1. The molecular weight excluding hydrogens is 257 g/mol. The van der Waals surface area contributed by atoms with Crippen molar-refractivity contribution in [3.8, 4) is 11.3 Å². The lowest BCUT2D eigenvalue weighted by Gasteiger charge is -1.96. The van der Waals surface area contributed by atoms with Gasteiger partial charge in [-0.05, 0) is 24.3 Å². The Labute approximate surface area is 107 Å². The van der Waals surface area contributed by atoms with Gasteiger partial charge in [0.2, 0.25) is 0 Å². The van der Waals surface area contributed by atoms with E-state index in [9.17, 15) is 9.18 Å². The van der Waals surface area contributed by atoms with Crippen LogP contribution in [0.15, 0.2) is 40.1 Å². The Morgan fingerprint density at radius 2 is 2.17 bits per heavy atom. The zero-order valence-corrected chi connectivity index (χ0v) is 10.4. The molecule has 0 amide bonds. The van der Waals surface area contributed by atoms with Gasteiger partial charge in [-0.1, -0.05) is 11.8 Å². The third-order valence-electron chi connectivity index (χ3n) is 2.15. The number of thioether (sulfide) groups is 1. The second-order valence-electron chi connectivity index (χ2n) is 3.36. The van der Waals surface area contributed by atoms with E-state index in [0.29, 0.717) is 11.0 Å². The number of esters is 1. The second kappa shape index (κ2) is 5.68. The highest BCUT2D eigenvalue weighted by Crippen LogP contribution is 2.25. The fourth-order valence-electron chi connectivity index (χ4n) is 1.25. The van der Waals surface area contributed by atoms with Crippen LogP contribution >= 0.6 is 11.8 Å². The highest BCUT2D eigenvalue weighted by atomic mass is 32.2. The zero-order valence-electron chi connectivity index (χ0n) is 9.55. The minimum Gasteiger partial charge on any atom is -0.468 e. The maximum absolute atomic E-state index is 12.8. The van der Waals surface area contributed by atoms with Crippen LogP contribution in [0.2, 0.25) is 0 Å². The predicted molar refractivity (Wildman–Crippen MR) is 64.6 cm³/mol. The van der Waals surface area contributed by atoms with Crippen LogP contribution in [0, 0.1) is 5.82 Å². The Morgan fingerprint density at radius 3 is 2.83 bits per heavy atom. The molecule has 18 heavy (non-hydrogen) atoms. The molecule has 0 aliphatic heterocycles. The molecule has 0 spiro atoms. The van der Waals surface area contributed by atoms with Crippen molar-refractivity contribution < 1.29 is 18.3 Å². The summed E-state index contributed by atoms with van der Waals surface area (Å²) in [5, 5.41) is 0.375. The van der Waals surface area contributed by atoms with Gasteiger partial charge >= 0.3 is 5.97 Å². The second-order valence-corrected chi connectivity index (χ2v) is 4.29. The van der Waals surface area contributed by atoms with Crippen LogP contribution < -0.4 is 0 Å². The van der Waals surface area contributed by atoms with Crippen LogP contribution in [0.5, 0.6) is 0 Å². The quantitative estimate of drug-likeness (QED) is 0.629. The van der Waals surface area contributed by atoms with Crippen LogP contribution in [0.3, 0.4) is 0 Å². The number of halogens is 1. The van der Waals surface area contributed by atoms with Gasteiger partial charge in [-0.2, -0.15) is 0 Å². The first-order chi connectivity index (χ1) is 8.69. The van der Waals surface area contributed by atoms with E-state index < -0.39 is 0 Å². The topological polar surface area (TPSA) is 52.3 Å². The van der Waals surface area contributed by atoms with Gasteiger partial charge in [0.25, 0.3) is 5.22 Å². The lowest BCUT2D eigenvalue weighted by molar-refractivity contribution is -0.137. The molecule has 1 heterocycles. The molecule has 0 saturated heterocycles. The van der Waals surface area contributed by atoms with Gasteiger partial charge in [0, 0.05) is 5.56 Å². The van der Waals surface area contributed by atoms with Crippen molar-refractivity contribution in [3.63, 3.8) is 0 Å². The summed E-state index contributed by atoms with van der Waals surface area (Å²) >= 11 is 1.15. The number of hydrogen-bond donors (Lipinski definition) is 0. The van der Waals surface area contributed by atoms with E-state index in [1.807, 2.05) is 0 Å². The third-order valence-corrected chi connectivity index (χ3v) is 2.97. The van der Waals surface area contributed by atoms with Crippen LogP contribution in [0.1, 0.15) is 0 Å². The van der Waals surface area contributed by atoms with Crippen LogP contribution in [0.4, 0.5) is 4.39 Å². The summed E-state index contributed by atoms with van der Waals surface area (Å²) in [7, 11) is 1.32. The van der Waals surface area contributed by atoms with E-state index in [2.05, 4.69) is 9.72 Å². The molecule has 2 aromatic rings. The fourth-order valence-corrected chi connectivity index (χ4v) is 1.89. The van der Waals surface area contributed by atoms with Crippen molar-refractivity contribution >= 4 is 17.7 Å². The van der Waals surface area contributed by atoms with E-state index in [0.717, 1.165) is 17.3 Å². The molecule has 0 fully saturated rings. The molecule has 1 aromatic carbocycles. The highest BCUT2D eigenvalue weighted by molar-refractivity contribution is 7.99. The number of ether oxygens (including phenoxy) is 1. The minimum atomic E-state index is -0.346. The van der Waals surface area contributed by atoms with E-state index in [-0.39, 0.29) is 17.5 Å². The van der Waals surface area contributed by atoms with Gasteiger partial charge in [-0.3, -0.25) is 4.79 Å². The first-order valence-electron chi connectivity index (χ1n) is 5.10. The van der Waals surface area contributed by atoms with Crippen LogP contribution in [0.25, 0.3) is 11.3 Å². The van der Waals surface area contributed by atoms with Crippen LogP contribution in [-0.4, -0.2) is 23.8 Å². The molecule has 0 saturated carbocycles. The van der Waals surface area contributed by atoms with E-state index in [1.165, 1.54) is 25.4 Å². The molecule has 6 heteroatoms. The van der Waals surface area contributed by atoms with Gasteiger partial charge in [-0.15, -0.1) is 0 Å². The fraction of sp³-hybridized carbons (Fsp3) is 0.167. The Morgan fingerprint density at radius 1 is 1.44 bits per heavy atom.